The monoisotopic (exact) mass is 394 g/mol. The minimum atomic E-state index is -4.65. The van der Waals surface area contributed by atoms with Crippen LogP contribution in [0.5, 0.6) is 0 Å². The third kappa shape index (κ3) is 5.31. The first-order chi connectivity index (χ1) is 12.1. The van der Waals surface area contributed by atoms with E-state index in [0.29, 0.717) is 25.1 Å². The molecule has 0 saturated heterocycles. The Balaban J connectivity index is 1.87. The summed E-state index contributed by atoms with van der Waals surface area (Å²) < 4.78 is 39.6. The van der Waals surface area contributed by atoms with Crippen molar-refractivity contribution >= 4 is 23.3 Å². The molecule has 146 valence electrons. The van der Waals surface area contributed by atoms with E-state index in [4.69, 9.17) is 5.11 Å². The highest BCUT2D eigenvalue weighted by Gasteiger charge is 2.44. The summed E-state index contributed by atoms with van der Waals surface area (Å²) in [4.78, 5) is 28.3. The summed E-state index contributed by atoms with van der Waals surface area (Å²) in [6, 6.07) is -3.35. The molecule has 1 fully saturated rings. The summed E-state index contributed by atoms with van der Waals surface area (Å²) in [5, 5.41) is 14.6. The second-order valence-corrected chi connectivity index (χ2v) is 7.09. The van der Waals surface area contributed by atoms with Gasteiger partial charge in [0.05, 0.1) is 6.54 Å². The number of alkyl halides is 3. The lowest BCUT2D eigenvalue weighted by molar-refractivity contribution is -0.155. The molecule has 0 radical (unpaired) electrons. The van der Waals surface area contributed by atoms with E-state index in [0.717, 1.165) is 11.3 Å². The first-order valence-electron chi connectivity index (χ1n) is 8.11. The van der Waals surface area contributed by atoms with Gasteiger partial charge in [-0.25, -0.2) is 9.78 Å². The summed E-state index contributed by atoms with van der Waals surface area (Å²) in [6.45, 7) is 3.87. The summed E-state index contributed by atoms with van der Waals surface area (Å²) in [6.07, 6.45) is -3.65. The number of carboxylic acid groups (broad SMARTS) is 1. The minimum absolute atomic E-state index is 0.00132. The Morgan fingerprint density at radius 1 is 1.46 bits per heavy atom. The van der Waals surface area contributed by atoms with Gasteiger partial charge in [-0.2, -0.15) is 13.2 Å². The first kappa shape index (κ1) is 20.4. The molecule has 26 heavy (non-hydrogen) atoms. The zero-order valence-electron chi connectivity index (χ0n) is 14.3. The number of hydrogen-bond donors (Lipinski definition) is 3. The lowest BCUT2D eigenvalue weighted by Crippen LogP contribution is -2.57. The van der Waals surface area contributed by atoms with E-state index >= 15 is 0 Å². The Hall–Kier alpha value is -1.88. The number of thiazole rings is 1. The lowest BCUT2D eigenvalue weighted by atomic mass is 9.85. The zero-order valence-corrected chi connectivity index (χ0v) is 15.2. The van der Waals surface area contributed by atoms with Crippen LogP contribution in [0.25, 0.3) is 0 Å². The fraction of sp³-hybridized carbons (Fsp3) is 0.667. The summed E-state index contributed by atoms with van der Waals surface area (Å²) in [5.74, 6) is -0.937. The molecule has 7 nitrogen and oxygen atoms in total. The number of nitrogens with one attached hydrogen (secondary N) is 2. The zero-order chi connectivity index (χ0) is 19.5. The molecule has 0 bridgehead atoms. The molecule has 2 amide bonds. The number of rotatable bonds is 7. The van der Waals surface area contributed by atoms with Crippen molar-refractivity contribution in [2.45, 2.75) is 51.0 Å². The van der Waals surface area contributed by atoms with Crippen LogP contribution in [0.3, 0.4) is 0 Å². The number of aliphatic carboxylic acids is 1. The molecule has 1 unspecified atom stereocenters. The predicted octanol–water partition coefficient (Wildman–Crippen LogP) is 2.29. The molecular formula is C15H21F3N4O3S. The molecule has 1 aliphatic rings. The number of carbonyl (C=O) groups excluding carboxylic acids is 1. The van der Waals surface area contributed by atoms with Gasteiger partial charge in [0.15, 0.2) is 6.04 Å². The van der Waals surface area contributed by atoms with Crippen molar-refractivity contribution < 1.29 is 27.9 Å². The minimum Gasteiger partial charge on any atom is -0.480 e. The highest BCUT2D eigenvalue weighted by atomic mass is 32.1. The standard InChI is InChI=1S/C15H21F3N4O3S/c1-3-22(6-11(23)24)10-4-9(5-10)20-14(25)21-12(15(16,17)18)13-19-8(2)7-26-13/h7,9-10,12H,3-6H2,1-2H3,(H,23,24)(H2,20,21,25). The van der Waals surface area contributed by atoms with Crippen LogP contribution in [0.4, 0.5) is 18.0 Å². The second-order valence-electron chi connectivity index (χ2n) is 6.20. The van der Waals surface area contributed by atoms with Crippen molar-refractivity contribution in [2.75, 3.05) is 13.1 Å². The van der Waals surface area contributed by atoms with Crippen LogP contribution < -0.4 is 10.6 Å². The average Bonchev–Trinajstić information content (AvgIpc) is 2.90. The van der Waals surface area contributed by atoms with Crippen LogP contribution in [0.2, 0.25) is 0 Å². The number of carbonyl (C=O) groups is 2. The topological polar surface area (TPSA) is 94.6 Å². The number of carboxylic acids is 1. The Labute approximate surface area is 152 Å². The van der Waals surface area contributed by atoms with E-state index in [1.165, 1.54) is 5.38 Å². The number of aromatic nitrogens is 1. The van der Waals surface area contributed by atoms with Crippen LogP contribution in [-0.4, -0.2) is 58.3 Å². The van der Waals surface area contributed by atoms with Crippen LogP contribution in [-0.2, 0) is 4.79 Å². The number of nitrogens with zero attached hydrogens (tertiary/aromatic N) is 2. The normalized spacial score (nSPS) is 21.2. The number of halogens is 3. The number of urea groups is 1. The number of amides is 2. The quantitative estimate of drug-likeness (QED) is 0.660. The van der Waals surface area contributed by atoms with Gasteiger partial charge in [-0.1, -0.05) is 6.92 Å². The molecule has 2 rings (SSSR count). The van der Waals surface area contributed by atoms with Gasteiger partial charge in [0.2, 0.25) is 0 Å². The van der Waals surface area contributed by atoms with Crippen molar-refractivity contribution in [1.82, 2.24) is 20.5 Å². The maximum atomic E-state index is 13.2. The maximum absolute atomic E-state index is 13.2. The molecule has 0 aromatic carbocycles. The molecule has 1 heterocycles. The van der Waals surface area contributed by atoms with Crippen molar-refractivity contribution in [1.29, 1.82) is 0 Å². The van der Waals surface area contributed by atoms with E-state index in [9.17, 15) is 22.8 Å². The average molecular weight is 394 g/mol. The second kappa shape index (κ2) is 8.21. The first-order valence-corrected chi connectivity index (χ1v) is 8.99. The van der Waals surface area contributed by atoms with Crippen molar-refractivity contribution in [3.8, 4) is 0 Å². The van der Waals surface area contributed by atoms with E-state index in [2.05, 4.69) is 10.3 Å². The molecule has 1 saturated carbocycles. The summed E-state index contributed by atoms with van der Waals surface area (Å²) in [7, 11) is 0. The third-order valence-electron chi connectivity index (χ3n) is 4.20. The van der Waals surface area contributed by atoms with Gasteiger partial charge in [0.1, 0.15) is 5.01 Å². The molecular weight excluding hydrogens is 373 g/mol. The molecule has 1 aromatic heterocycles. The van der Waals surface area contributed by atoms with Gasteiger partial charge in [0, 0.05) is 23.2 Å². The highest BCUT2D eigenvalue weighted by Crippen LogP contribution is 2.34. The van der Waals surface area contributed by atoms with Gasteiger partial charge in [-0.15, -0.1) is 11.3 Å². The van der Waals surface area contributed by atoms with E-state index < -0.39 is 24.2 Å². The Bertz CT molecular complexity index is 646. The molecule has 3 N–H and O–H groups in total. The summed E-state index contributed by atoms with van der Waals surface area (Å²) >= 11 is 0.842. The van der Waals surface area contributed by atoms with Crippen molar-refractivity contribution in [3.63, 3.8) is 0 Å². The predicted molar refractivity (Wildman–Crippen MR) is 89.0 cm³/mol. The highest BCUT2D eigenvalue weighted by molar-refractivity contribution is 7.09. The van der Waals surface area contributed by atoms with Gasteiger partial charge in [-0.05, 0) is 26.3 Å². The van der Waals surface area contributed by atoms with Gasteiger partial charge in [-0.3, -0.25) is 9.69 Å². The van der Waals surface area contributed by atoms with Gasteiger partial charge < -0.3 is 15.7 Å². The Morgan fingerprint density at radius 2 is 2.12 bits per heavy atom. The lowest BCUT2D eigenvalue weighted by Gasteiger charge is -2.42. The molecule has 1 atom stereocenters. The number of hydrogen-bond acceptors (Lipinski definition) is 5. The van der Waals surface area contributed by atoms with Crippen LogP contribution in [0.15, 0.2) is 5.38 Å². The van der Waals surface area contributed by atoms with E-state index in [-0.39, 0.29) is 23.6 Å². The third-order valence-corrected chi connectivity index (χ3v) is 5.22. The molecule has 0 aliphatic heterocycles. The molecule has 1 aromatic rings. The largest absolute Gasteiger partial charge is 0.480 e. The van der Waals surface area contributed by atoms with Crippen LogP contribution in [0.1, 0.15) is 36.5 Å². The molecule has 11 heteroatoms. The smallest absolute Gasteiger partial charge is 0.415 e. The molecule has 0 spiro atoms. The number of likely N-dealkylation sites (N-methyl/N-ethyl adjacent to an activating group) is 1. The number of aryl methyl sites for hydroxylation is 1. The fourth-order valence-electron chi connectivity index (χ4n) is 2.82. The maximum Gasteiger partial charge on any atom is 0.415 e. The van der Waals surface area contributed by atoms with Gasteiger partial charge in [0.25, 0.3) is 0 Å². The van der Waals surface area contributed by atoms with Crippen molar-refractivity contribution in [2.24, 2.45) is 0 Å². The molecule has 1 aliphatic carbocycles. The SMILES string of the molecule is CCN(CC(=O)O)C1CC(NC(=O)NC(c2nc(C)cs2)C(F)(F)F)C1. The van der Waals surface area contributed by atoms with Gasteiger partial charge >= 0.3 is 18.2 Å². The summed E-state index contributed by atoms with van der Waals surface area (Å²) in [5.41, 5.74) is 0.460. The van der Waals surface area contributed by atoms with Crippen LogP contribution >= 0.6 is 11.3 Å². The van der Waals surface area contributed by atoms with Crippen molar-refractivity contribution in [3.05, 3.63) is 16.1 Å². The Morgan fingerprint density at radius 3 is 2.58 bits per heavy atom. The Kier molecular flexibility index (Phi) is 6.45. The van der Waals surface area contributed by atoms with Crippen LogP contribution in [0, 0.1) is 6.92 Å². The van der Waals surface area contributed by atoms with E-state index in [1.54, 1.807) is 11.8 Å². The van der Waals surface area contributed by atoms with E-state index in [1.807, 2.05) is 12.2 Å². The fourth-order valence-corrected chi connectivity index (χ4v) is 3.69.